The van der Waals surface area contributed by atoms with Gasteiger partial charge in [-0.2, -0.15) is 0 Å². The summed E-state index contributed by atoms with van der Waals surface area (Å²) in [4.78, 5) is 27.2. The Balaban J connectivity index is 1.71. The Morgan fingerprint density at radius 2 is 2.12 bits per heavy atom. The van der Waals surface area contributed by atoms with Crippen molar-refractivity contribution in [2.45, 2.75) is 32.7 Å². The van der Waals surface area contributed by atoms with Gasteiger partial charge in [0.15, 0.2) is 0 Å². The first-order chi connectivity index (χ1) is 11.5. The maximum Gasteiger partial charge on any atom is 0.263 e. The molecule has 1 saturated heterocycles. The maximum absolute atomic E-state index is 12.6. The van der Waals surface area contributed by atoms with Crippen molar-refractivity contribution in [3.05, 3.63) is 45.9 Å². The smallest absolute Gasteiger partial charge is 0.263 e. The Morgan fingerprint density at radius 3 is 2.79 bits per heavy atom. The predicted molar refractivity (Wildman–Crippen MR) is 95.0 cm³/mol. The van der Waals surface area contributed by atoms with E-state index in [0.29, 0.717) is 5.92 Å². The molecule has 3 rings (SSSR count). The van der Waals surface area contributed by atoms with Crippen LogP contribution >= 0.6 is 0 Å². The summed E-state index contributed by atoms with van der Waals surface area (Å²) in [7, 11) is 1.67. The lowest BCUT2D eigenvalue weighted by atomic mass is 9.98. The number of pyridine rings is 1. The van der Waals surface area contributed by atoms with E-state index >= 15 is 0 Å². The van der Waals surface area contributed by atoms with Crippen molar-refractivity contribution in [3.8, 4) is 0 Å². The van der Waals surface area contributed by atoms with Gasteiger partial charge in [0.1, 0.15) is 5.56 Å². The van der Waals surface area contributed by atoms with Crippen LogP contribution < -0.4 is 10.9 Å². The summed E-state index contributed by atoms with van der Waals surface area (Å²) in [5.74, 6) is 0.993. The van der Waals surface area contributed by atoms with E-state index in [9.17, 15) is 9.59 Å². The normalized spacial score (nSPS) is 25.0. The van der Waals surface area contributed by atoms with Gasteiger partial charge < -0.3 is 9.88 Å². The van der Waals surface area contributed by atoms with Gasteiger partial charge in [-0.15, -0.1) is 0 Å². The molecule has 0 spiro atoms. The highest BCUT2D eigenvalue weighted by Gasteiger charge is 2.43. The number of aromatic nitrogens is 1. The van der Waals surface area contributed by atoms with Crippen molar-refractivity contribution < 1.29 is 4.79 Å². The molecule has 0 radical (unpaired) electrons. The molecule has 0 bridgehead atoms. The van der Waals surface area contributed by atoms with Crippen molar-refractivity contribution in [1.29, 1.82) is 0 Å². The Bertz CT molecular complexity index is 703. The summed E-state index contributed by atoms with van der Waals surface area (Å²) >= 11 is 0. The highest BCUT2D eigenvalue weighted by molar-refractivity contribution is 5.94. The maximum atomic E-state index is 12.6. The third-order valence-electron chi connectivity index (χ3n) is 5.32. The molecule has 2 fully saturated rings. The zero-order chi connectivity index (χ0) is 17.3. The van der Waals surface area contributed by atoms with Crippen LogP contribution in [0.25, 0.3) is 0 Å². The molecule has 1 aliphatic carbocycles. The minimum Gasteiger partial charge on any atom is -0.348 e. The molecule has 0 unspecified atom stereocenters. The minimum atomic E-state index is -0.239. The molecule has 5 heteroatoms. The second-order valence-corrected chi connectivity index (χ2v) is 7.25. The van der Waals surface area contributed by atoms with Crippen LogP contribution in [0.5, 0.6) is 0 Å². The molecule has 1 aromatic heterocycles. The Hall–Kier alpha value is -1.88. The van der Waals surface area contributed by atoms with Crippen LogP contribution in [-0.4, -0.2) is 41.1 Å². The highest BCUT2D eigenvalue weighted by atomic mass is 16.2. The molecule has 0 aromatic carbocycles. The van der Waals surface area contributed by atoms with Crippen LogP contribution in [0, 0.1) is 11.8 Å². The Morgan fingerprint density at radius 1 is 1.38 bits per heavy atom. The molecule has 2 heterocycles. The van der Waals surface area contributed by atoms with Crippen LogP contribution in [0.1, 0.15) is 37.0 Å². The molecule has 1 aromatic rings. The summed E-state index contributed by atoms with van der Waals surface area (Å²) in [6.45, 7) is 7.07. The van der Waals surface area contributed by atoms with Gasteiger partial charge in [-0.1, -0.05) is 11.6 Å². The number of aryl methyl sites for hydroxylation is 1. The average Bonchev–Trinajstić information content (AvgIpc) is 3.32. The average molecular weight is 329 g/mol. The van der Waals surface area contributed by atoms with Crippen LogP contribution in [-0.2, 0) is 7.05 Å². The number of hydrogen-bond acceptors (Lipinski definition) is 3. The van der Waals surface area contributed by atoms with Crippen molar-refractivity contribution in [1.82, 2.24) is 14.8 Å². The Kier molecular flexibility index (Phi) is 4.90. The van der Waals surface area contributed by atoms with Gasteiger partial charge in [0.05, 0.1) is 0 Å². The topological polar surface area (TPSA) is 54.3 Å². The van der Waals surface area contributed by atoms with E-state index in [4.69, 9.17) is 0 Å². The van der Waals surface area contributed by atoms with E-state index < -0.39 is 0 Å². The monoisotopic (exact) mass is 329 g/mol. The lowest BCUT2D eigenvalue weighted by Crippen LogP contribution is -2.43. The molecule has 130 valence electrons. The molecular weight excluding hydrogens is 302 g/mol. The fraction of sp³-hybridized carbons (Fsp3) is 0.579. The SMILES string of the molecule is CC=C(C)CN1C[C@H](NC(=O)c2cccn(C)c2=O)[C@@H](C2CC2)C1. The molecule has 2 atom stereocenters. The quantitative estimate of drug-likeness (QED) is 0.838. The van der Waals surface area contributed by atoms with Gasteiger partial charge in [0.25, 0.3) is 11.5 Å². The summed E-state index contributed by atoms with van der Waals surface area (Å²) in [5, 5.41) is 3.14. The number of allylic oxidation sites excluding steroid dienone is 1. The second kappa shape index (κ2) is 6.93. The standard InChI is InChI=1S/C19H27N3O2/c1-4-13(2)10-22-11-16(14-7-8-14)17(12-22)20-18(23)15-6-5-9-21(3)19(15)24/h4-6,9,14,16-17H,7-8,10-12H2,1-3H3,(H,20,23)/t16-,17+/m1/s1. The number of rotatable bonds is 5. The van der Waals surface area contributed by atoms with Crippen molar-refractivity contribution >= 4 is 5.91 Å². The second-order valence-electron chi connectivity index (χ2n) is 7.25. The molecule has 24 heavy (non-hydrogen) atoms. The van der Waals surface area contributed by atoms with Crippen LogP contribution in [0.2, 0.25) is 0 Å². The van der Waals surface area contributed by atoms with Crippen molar-refractivity contribution in [2.24, 2.45) is 18.9 Å². The molecular formula is C19H27N3O2. The number of nitrogens with one attached hydrogen (secondary N) is 1. The summed E-state index contributed by atoms with van der Waals surface area (Å²) < 4.78 is 1.45. The first-order valence-electron chi connectivity index (χ1n) is 8.80. The third kappa shape index (κ3) is 3.61. The van der Waals surface area contributed by atoms with Crippen molar-refractivity contribution in [3.63, 3.8) is 0 Å². The van der Waals surface area contributed by atoms with E-state index in [-0.39, 0.29) is 23.1 Å². The van der Waals surface area contributed by atoms with Gasteiger partial charge in [-0.25, -0.2) is 0 Å². The molecule has 1 amide bonds. The molecule has 1 N–H and O–H groups in total. The molecule has 1 aliphatic heterocycles. The zero-order valence-corrected chi connectivity index (χ0v) is 14.8. The number of carbonyl (C=O) groups is 1. The first-order valence-corrected chi connectivity index (χ1v) is 8.80. The van der Waals surface area contributed by atoms with Gasteiger partial charge in [0.2, 0.25) is 0 Å². The van der Waals surface area contributed by atoms with E-state index in [1.807, 2.05) is 0 Å². The summed E-state index contributed by atoms with van der Waals surface area (Å²) in [6.07, 6.45) is 6.34. The van der Waals surface area contributed by atoms with Crippen LogP contribution in [0.3, 0.4) is 0 Å². The zero-order valence-electron chi connectivity index (χ0n) is 14.8. The number of hydrogen-bond donors (Lipinski definition) is 1. The van der Waals surface area contributed by atoms with Gasteiger partial charge in [-0.05, 0) is 50.7 Å². The van der Waals surface area contributed by atoms with Crippen LogP contribution in [0.15, 0.2) is 34.8 Å². The molecule has 2 aliphatic rings. The fourth-order valence-corrected chi connectivity index (χ4v) is 3.66. The Labute approximate surface area is 143 Å². The largest absolute Gasteiger partial charge is 0.348 e. The van der Waals surface area contributed by atoms with Gasteiger partial charge in [0, 0.05) is 38.9 Å². The first kappa shape index (κ1) is 17.0. The van der Waals surface area contributed by atoms with Crippen LogP contribution in [0.4, 0.5) is 0 Å². The molecule has 1 saturated carbocycles. The summed E-state index contributed by atoms with van der Waals surface area (Å²) in [5.41, 5.74) is 1.35. The lowest BCUT2D eigenvalue weighted by Gasteiger charge is -2.19. The number of carbonyl (C=O) groups excluding carboxylic acids is 1. The van der Waals surface area contributed by atoms with E-state index in [1.165, 1.54) is 23.0 Å². The van der Waals surface area contributed by atoms with E-state index in [1.54, 1.807) is 25.4 Å². The molecule has 5 nitrogen and oxygen atoms in total. The third-order valence-corrected chi connectivity index (χ3v) is 5.32. The van der Waals surface area contributed by atoms with E-state index in [0.717, 1.165) is 25.6 Å². The number of amides is 1. The van der Waals surface area contributed by atoms with Crippen molar-refractivity contribution in [2.75, 3.05) is 19.6 Å². The summed E-state index contributed by atoms with van der Waals surface area (Å²) in [6, 6.07) is 3.49. The highest BCUT2D eigenvalue weighted by Crippen LogP contribution is 2.41. The van der Waals surface area contributed by atoms with E-state index in [2.05, 4.69) is 30.1 Å². The predicted octanol–water partition coefficient (Wildman–Crippen LogP) is 1.79. The number of nitrogens with zero attached hydrogens (tertiary/aromatic N) is 2. The number of likely N-dealkylation sites (tertiary alicyclic amines) is 1. The van der Waals surface area contributed by atoms with Gasteiger partial charge >= 0.3 is 0 Å². The fourth-order valence-electron chi connectivity index (χ4n) is 3.66. The van der Waals surface area contributed by atoms with Gasteiger partial charge in [-0.3, -0.25) is 14.5 Å². The minimum absolute atomic E-state index is 0.138. The lowest BCUT2D eigenvalue weighted by molar-refractivity contribution is 0.0926.